The van der Waals surface area contributed by atoms with Crippen molar-refractivity contribution in [2.75, 3.05) is 51.4 Å². The van der Waals surface area contributed by atoms with Gasteiger partial charge < -0.3 is 19.2 Å². The molecule has 244 valence electrons. The average molecular weight is 642 g/mol. The Morgan fingerprint density at radius 3 is 2.49 bits per heavy atom. The van der Waals surface area contributed by atoms with Crippen LogP contribution in [0, 0.1) is 11.2 Å². The molecule has 45 heavy (non-hydrogen) atoms. The fourth-order valence-corrected chi connectivity index (χ4v) is 7.44. The summed E-state index contributed by atoms with van der Waals surface area (Å²) in [7, 11) is -3.08. The molecule has 9 nitrogen and oxygen atoms in total. The van der Waals surface area contributed by atoms with Crippen molar-refractivity contribution in [2.45, 2.75) is 70.4 Å². The van der Waals surface area contributed by atoms with Gasteiger partial charge in [-0.25, -0.2) is 12.8 Å². The summed E-state index contributed by atoms with van der Waals surface area (Å²) in [4.78, 5) is 23.1. The first-order valence-corrected chi connectivity index (χ1v) is 18.1. The van der Waals surface area contributed by atoms with Crippen LogP contribution in [0.25, 0.3) is 11.1 Å². The second-order valence-corrected chi connectivity index (χ2v) is 15.8. The van der Waals surface area contributed by atoms with Crippen LogP contribution < -0.4 is 4.74 Å². The lowest BCUT2D eigenvalue weighted by molar-refractivity contribution is -0.156. The molecule has 3 fully saturated rings. The minimum Gasteiger partial charge on any atom is -0.493 e. The second kappa shape index (κ2) is 12.5. The van der Waals surface area contributed by atoms with Gasteiger partial charge in [0.1, 0.15) is 27.2 Å². The van der Waals surface area contributed by atoms with Crippen LogP contribution >= 0.6 is 0 Å². The van der Waals surface area contributed by atoms with Crippen molar-refractivity contribution in [3.63, 3.8) is 0 Å². The van der Waals surface area contributed by atoms with Crippen molar-refractivity contribution < 1.29 is 31.9 Å². The monoisotopic (exact) mass is 641 g/mol. The van der Waals surface area contributed by atoms with E-state index in [2.05, 4.69) is 27.1 Å². The third kappa shape index (κ3) is 7.30. The van der Waals surface area contributed by atoms with Crippen molar-refractivity contribution in [3.8, 4) is 16.9 Å². The predicted octanol–water partition coefficient (Wildman–Crippen LogP) is 5.14. The van der Waals surface area contributed by atoms with Crippen molar-refractivity contribution in [1.82, 2.24) is 9.80 Å². The molecular weight excluding hydrogens is 597 g/mol. The van der Waals surface area contributed by atoms with E-state index in [-0.39, 0.29) is 29.7 Å². The third-order valence-electron chi connectivity index (χ3n) is 9.51. The Labute approximate surface area is 265 Å². The van der Waals surface area contributed by atoms with Gasteiger partial charge in [0.05, 0.1) is 30.8 Å². The molecule has 0 radical (unpaired) electrons. The van der Waals surface area contributed by atoms with Crippen LogP contribution in [0.1, 0.15) is 69.4 Å². The fourth-order valence-electron chi connectivity index (χ4n) is 6.79. The first kappa shape index (κ1) is 31.8. The Kier molecular flexibility index (Phi) is 8.86. The molecule has 0 N–H and O–H groups in total. The van der Waals surface area contributed by atoms with Gasteiger partial charge in [-0.2, -0.15) is 0 Å². The summed E-state index contributed by atoms with van der Waals surface area (Å²) >= 11 is 0. The minimum atomic E-state index is -3.08. The van der Waals surface area contributed by atoms with Crippen molar-refractivity contribution in [3.05, 3.63) is 53.3 Å². The molecule has 1 spiro atoms. The van der Waals surface area contributed by atoms with E-state index < -0.39 is 15.3 Å². The number of rotatable bonds is 11. The minimum absolute atomic E-state index is 0.0656. The van der Waals surface area contributed by atoms with Crippen LogP contribution in [-0.4, -0.2) is 87.0 Å². The summed E-state index contributed by atoms with van der Waals surface area (Å²) in [5, 5.41) is 4.49. The van der Waals surface area contributed by atoms with E-state index in [0.717, 1.165) is 87.4 Å². The highest BCUT2D eigenvalue weighted by atomic mass is 32.2. The van der Waals surface area contributed by atoms with Gasteiger partial charge in [0, 0.05) is 44.5 Å². The van der Waals surface area contributed by atoms with Gasteiger partial charge in [-0.1, -0.05) is 23.4 Å². The largest absolute Gasteiger partial charge is 0.493 e. The average Bonchev–Trinajstić information content (AvgIpc) is 3.74. The highest BCUT2D eigenvalue weighted by molar-refractivity contribution is 7.90. The van der Waals surface area contributed by atoms with E-state index in [1.807, 2.05) is 13.8 Å². The van der Waals surface area contributed by atoms with Gasteiger partial charge in [-0.05, 0) is 86.8 Å². The molecule has 3 aliphatic heterocycles. The number of carbonyl (C=O) groups excluding carboxylic acids is 1. The predicted molar refractivity (Wildman–Crippen MR) is 170 cm³/mol. The van der Waals surface area contributed by atoms with Crippen molar-refractivity contribution in [2.24, 2.45) is 10.6 Å². The van der Waals surface area contributed by atoms with E-state index in [0.29, 0.717) is 24.7 Å². The molecule has 2 aromatic carbocycles. The molecular formula is C34H44FN3O6S. The van der Waals surface area contributed by atoms with Gasteiger partial charge in [-0.15, -0.1) is 0 Å². The van der Waals surface area contributed by atoms with Crippen LogP contribution in [0.15, 0.2) is 41.6 Å². The molecule has 3 heterocycles. The number of piperidine rings is 1. The number of hydrogen-bond donors (Lipinski definition) is 0. The number of halogens is 1. The third-order valence-corrected chi connectivity index (χ3v) is 10.5. The molecule has 2 aromatic rings. The number of hydrogen-bond acceptors (Lipinski definition) is 9. The van der Waals surface area contributed by atoms with Crippen LogP contribution in [0.2, 0.25) is 0 Å². The van der Waals surface area contributed by atoms with Gasteiger partial charge in [0.15, 0.2) is 5.60 Å². The fraction of sp³-hybridized carbons (Fsp3) is 0.588. The van der Waals surface area contributed by atoms with E-state index in [1.165, 1.54) is 24.0 Å². The lowest BCUT2D eigenvalue weighted by atomic mass is 9.80. The number of oxime groups is 1. The van der Waals surface area contributed by atoms with Gasteiger partial charge in [0.25, 0.3) is 0 Å². The molecule has 0 unspecified atom stereocenters. The maximum Gasteiger partial charge on any atom is 0.311 e. The number of likely N-dealkylation sites (tertiary alicyclic amines) is 2. The molecule has 6 rings (SSSR count). The van der Waals surface area contributed by atoms with Gasteiger partial charge >= 0.3 is 5.97 Å². The lowest BCUT2D eigenvalue weighted by Gasteiger charge is -2.46. The smallest absolute Gasteiger partial charge is 0.311 e. The summed E-state index contributed by atoms with van der Waals surface area (Å²) in [5.41, 5.74) is 3.43. The molecule has 2 saturated heterocycles. The van der Waals surface area contributed by atoms with E-state index in [4.69, 9.17) is 14.3 Å². The number of carbonyl (C=O) groups is 1. The summed E-state index contributed by atoms with van der Waals surface area (Å²) in [6.45, 7) is 8.29. The lowest BCUT2D eigenvalue weighted by Crippen LogP contribution is -2.61. The molecule has 4 aliphatic rings. The maximum atomic E-state index is 13.8. The summed E-state index contributed by atoms with van der Waals surface area (Å²) in [5.74, 6) is 1.77. The second-order valence-electron chi connectivity index (χ2n) is 13.5. The number of sulfone groups is 1. The zero-order valence-corrected chi connectivity index (χ0v) is 27.3. The molecule has 0 atom stereocenters. The first-order valence-electron chi connectivity index (χ1n) is 16.1. The number of nitrogens with zero attached hydrogens (tertiary/aromatic N) is 3. The molecule has 0 amide bonds. The van der Waals surface area contributed by atoms with E-state index in [1.54, 1.807) is 12.1 Å². The van der Waals surface area contributed by atoms with Crippen LogP contribution in [0.5, 0.6) is 5.75 Å². The first-order chi connectivity index (χ1) is 21.5. The van der Waals surface area contributed by atoms with E-state index >= 15 is 0 Å². The maximum absolute atomic E-state index is 13.8. The summed E-state index contributed by atoms with van der Waals surface area (Å²) < 4.78 is 48.7. The van der Waals surface area contributed by atoms with Gasteiger partial charge in [-0.3, -0.25) is 9.69 Å². The van der Waals surface area contributed by atoms with Crippen LogP contribution in [-0.2, 0) is 30.8 Å². The molecule has 1 saturated carbocycles. The number of amidine groups is 1. The highest BCUT2D eigenvalue weighted by Crippen LogP contribution is 2.48. The topological polar surface area (TPSA) is 97.7 Å². The summed E-state index contributed by atoms with van der Waals surface area (Å²) in [6, 6.07) is 10.8. The Morgan fingerprint density at radius 1 is 1.13 bits per heavy atom. The Morgan fingerprint density at radius 2 is 1.84 bits per heavy atom. The quantitative estimate of drug-likeness (QED) is 0.246. The summed E-state index contributed by atoms with van der Waals surface area (Å²) in [6.07, 6.45) is 6.06. The Hall–Kier alpha value is -3.18. The Balaban J connectivity index is 1.11. The van der Waals surface area contributed by atoms with Crippen molar-refractivity contribution in [1.29, 1.82) is 0 Å². The number of esters is 1. The molecule has 0 aromatic heterocycles. The standard InChI is InChI=1S/C34H44FN3O6S/c1-4-42-32(39)33(2)12-14-38(15-13-33)30-20-34(44-36-30)22-37(23-34)21-24-18-28(25-6-7-25)31(26-8-10-27(35)11-9-26)29(19-24)43-16-5-17-45(3,40)41/h8-11,18-19,25H,4-7,12-17,20-23H2,1-3H3. The van der Waals surface area contributed by atoms with Crippen LogP contribution in [0.3, 0.4) is 0 Å². The van der Waals surface area contributed by atoms with Crippen LogP contribution in [0.4, 0.5) is 4.39 Å². The van der Waals surface area contributed by atoms with Crippen molar-refractivity contribution >= 4 is 21.6 Å². The number of ether oxygens (including phenoxy) is 2. The molecule has 0 bridgehead atoms. The zero-order chi connectivity index (χ0) is 31.8. The highest BCUT2D eigenvalue weighted by Gasteiger charge is 2.51. The Bertz CT molecular complexity index is 1540. The SMILES string of the molecule is CCOC(=O)C1(C)CCN(C2=NOC3(C2)CN(Cc2cc(OCCCS(C)(=O)=O)c(-c4ccc(F)cc4)c(C4CC4)c2)C3)CC1. The zero-order valence-electron chi connectivity index (χ0n) is 26.5. The van der Waals surface area contributed by atoms with E-state index in [9.17, 15) is 17.6 Å². The molecule has 11 heteroatoms. The van der Waals surface area contributed by atoms with Gasteiger partial charge in [0.2, 0.25) is 0 Å². The molecule has 1 aliphatic carbocycles. The normalized spacial score (nSPS) is 20.8. The number of benzene rings is 2.